The van der Waals surface area contributed by atoms with Crippen molar-refractivity contribution in [1.82, 2.24) is 20.3 Å². The molecule has 30 heavy (non-hydrogen) atoms. The minimum absolute atomic E-state index is 0.000467. The molecular weight excluding hydrogens is 391 g/mol. The molecule has 0 saturated heterocycles. The molecule has 0 saturated carbocycles. The average Bonchev–Trinajstić information content (AvgIpc) is 2.74. The number of H-pyrrole nitrogens is 1. The van der Waals surface area contributed by atoms with E-state index in [0.29, 0.717) is 16.5 Å². The van der Waals surface area contributed by atoms with Crippen molar-refractivity contribution in [2.45, 2.75) is 19.4 Å². The van der Waals surface area contributed by atoms with Gasteiger partial charge in [0, 0.05) is 23.3 Å². The summed E-state index contributed by atoms with van der Waals surface area (Å²) in [6.45, 7) is 0.963. The minimum atomic E-state index is -1.17. The molecule has 3 N–H and O–H groups in total. The summed E-state index contributed by atoms with van der Waals surface area (Å²) in [6, 6.07) is 5.03. The molecule has 0 spiro atoms. The van der Waals surface area contributed by atoms with Crippen LogP contribution in [0.3, 0.4) is 0 Å². The van der Waals surface area contributed by atoms with Gasteiger partial charge in [0.2, 0.25) is 5.91 Å². The highest BCUT2D eigenvalue weighted by Gasteiger charge is 2.22. The van der Waals surface area contributed by atoms with Gasteiger partial charge in [-0.1, -0.05) is 0 Å². The second kappa shape index (κ2) is 8.47. The van der Waals surface area contributed by atoms with Crippen LogP contribution in [0.2, 0.25) is 0 Å². The lowest BCUT2D eigenvalue weighted by Gasteiger charge is -2.17. The van der Waals surface area contributed by atoms with E-state index in [4.69, 9.17) is 5.26 Å². The van der Waals surface area contributed by atoms with Crippen molar-refractivity contribution >= 4 is 16.8 Å². The number of aliphatic hydroxyl groups is 1. The number of aryl methyl sites for hydroxylation is 1. The van der Waals surface area contributed by atoms with Gasteiger partial charge in [0.25, 0.3) is 5.56 Å². The average molecular weight is 406 g/mol. The number of nitrogens with zero attached hydrogens (tertiary/aromatic N) is 4. The zero-order valence-electron chi connectivity index (χ0n) is 15.7. The lowest BCUT2D eigenvalue weighted by atomic mass is 10.0. The number of fused-ring (bicyclic) bond motifs is 1. The summed E-state index contributed by atoms with van der Waals surface area (Å²) < 4.78 is 14.2. The molecule has 1 atom stereocenters. The first-order valence-corrected chi connectivity index (χ1v) is 8.76. The Morgan fingerprint density at radius 3 is 2.77 bits per heavy atom. The number of carbonyl (C=O) groups excluding carboxylic acids is 1. The molecule has 0 aliphatic rings. The van der Waals surface area contributed by atoms with Crippen LogP contribution in [0.1, 0.15) is 34.1 Å². The molecule has 0 radical (unpaired) electrons. The molecule has 0 fully saturated rings. The number of aromatic nitrogens is 3. The number of hydrogen-bond donors (Lipinski definition) is 3. The maximum atomic E-state index is 14.2. The predicted octanol–water partition coefficient (Wildman–Crippen LogP) is 0.901. The lowest BCUT2D eigenvalue weighted by molar-refractivity contribution is -0.121. The van der Waals surface area contributed by atoms with Gasteiger partial charge in [0.1, 0.15) is 29.3 Å². The topological polar surface area (TPSA) is 156 Å². The Labute approximate surface area is 169 Å². The summed E-state index contributed by atoms with van der Waals surface area (Å²) in [4.78, 5) is 35.4. The fourth-order valence-corrected chi connectivity index (χ4v) is 3.13. The van der Waals surface area contributed by atoms with Crippen LogP contribution in [0, 0.1) is 35.4 Å². The quantitative estimate of drug-likeness (QED) is 0.568. The van der Waals surface area contributed by atoms with Crippen LogP contribution < -0.4 is 10.9 Å². The van der Waals surface area contributed by atoms with Gasteiger partial charge in [-0.3, -0.25) is 14.6 Å². The molecule has 10 heteroatoms. The van der Waals surface area contributed by atoms with Crippen LogP contribution in [0.4, 0.5) is 4.39 Å². The Morgan fingerprint density at radius 2 is 2.13 bits per heavy atom. The molecule has 3 heterocycles. The van der Waals surface area contributed by atoms with E-state index in [1.165, 1.54) is 6.20 Å². The highest BCUT2D eigenvalue weighted by Crippen LogP contribution is 2.21. The Balaban J connectivity index is 1.91. The number of aromatic amines is 1. The van der Waals surface area contributed by atoms with Crippen molar-refractivity contribution in [3.63, 3.8) is 0 Å². The van der Waals surface area contributed by atoms with Crippen molar-refractivity contribution in [3.05, 3.63) is 68.8 Å². The number of nitriles is 2. The summed E-state index contributed by atoms with van der Waals surface area (Å²) in [7, 11) is 0. The maximum absolute atomic E-state index is 14.2. The Morgan fingerprint density at radius 1 is 1.37 bits per heavy atom. The number of halogens is 1. The van der Waals surface area contributed by atoms with E-state index < -0.39 is 29.9 Å². The summed E-state index contributed by atoms with van der Waals surface area (Å²) in [5.41, 5.74) is 0.342. The van der Waals surface area contributed by atoms with Crippen LogP contribution in [-0.4, -0.2) is 32.6 Å². The Bertz CT molecular complexity index is 1290. The van der Waals surface area contributed by atoms with Crippen LogP contribution in [0.5, 0.6) is 0 Å². The summed E-state index contributed by atoms with van der Waals surface area (Å²) in [5.74, 6) is -1.51. The van der Waals surface area contributed by atoms with Gasteiger partial charge < -0.3 is 15.4 Å². The van der Waals surface area contributed by atoms with Gasteiger partial charge >= 0.3 is 0 Å². The molecule has 9 nitrogen and oxygen atoms in total. The van der Waals surface area contributed by atoms with Crippen molar-refractivity contribution in [1.29, 1.82) is 10.5 Å². The van der Waals surface area contributed by atoms with E-state index in [1.54, 1.807) is 19.1 Å². The fraction of sp³-hybridized carbons (Fsp3) is 0.200. The number of hydrogen-bond acceptors (Lipinski definition) is 7. The first-order chi connectivity index (χ1) is 14.4. The number of pyridine rings is 3. The van der Waals surface area contributed by atoms with Gasteiger partial charge in [-0.15, -0.1) is 0 Å². The van der Waals surface area contributed by atoms with E-state index >= 15 is 0 Å². The fourth-order valence-electron chi connectivity index (χ4n) is 3.13. The molecule has 0 bridgehead atoms. The number of rotatable bonds is 5. The van der Waals surface area contributed by atoms with Crippen LogP contribution >= 0.6 is 0 Å². The zero-order chi connectivity index (χ0) is 21.8. The largest absolute Gasteiger partial charge is 0.394 e. The number of aliphatic hydroxyl groups excluding tert-OH is 1. The van der Waals surface area contributed by atoms with Gasteiger partial charge in [-0.25, -0.2) is 9.37 Å². The lowest BCUT2D eigenvalue weighted by Crippen LogP contribution is -2.34. The summed E-state index contributed by atoms with van der Waals surface area (Å²) >= 11 is 0. The smallest absolute Gasteiger partial charge is 0.252 e. The van der Waals surface area contributed by atoms with Crippen LogP contribution in [0.25, 0.3) is 10.9 Å². The summed E-state index contributed by atoms with van der Waals surface area (Å²) in [5, 5.41) is 30.5. The third-order valence-electron chi connectivity index (χ3n) is 4.59. The third kappa shape index (κ3) is 3.85. The highest BCUT2D eigenvalue weighted by molar-refractivity contribution is 5.88. The van der Waals surface area contributed by atoms with Gasteiger partial charge in [-0.05, 0) is 24.6 Å². The normalized spacial score (nSPS) is 11.5. The molecule has 150 valence electrons. The molecule has 3 rings (SSSR count). The molecule has 1 amide bonds. The van der Waals surface area contributed by atoms with Crippen molar-refractivity contribution in [2.75, 3.05) is 6.61 Å². The maximum Gasteiger partial charge on any atom is 0.252 e. The number of amides is 1. The van der Waals surface area contributed by atoms with Crippen molar-refractivity contribution < 1.29 is 14.3 Å². The molecule has 0 aromatic carbocycles. The zero-order valence-corrected chi connectivity index (χ0v) is 15.7. The molecule has 3 aromatic heterocycles. The highest BCUT2D eigenvalue weighted by atomic mass is 19.1. The van der Waals surface area contributed by atoms with Crippen molar-refractivity contribution in [3.8, 4) is 12.1 Å². The van der Waals surface area contributed by atoms with Gasteiger partial charge in [-0.2, -0.15) is 10.5 Å². The van der Waals surface area contributed by atoms with Gasteiger partial charge in [0.05, 0.1) is 30.1 Å². The molecule has 0 unspecified atom stereocenters. The summed E-state index contributed by atoms with van der Waals surface area (Å²) in [6.07, 6.45) is 2.15. The minimum Gasteiger partial charge on any atom is -0.394 e. The second-order valence-electron chi connectivity index (χ2n) is 6.43. The number of carbonyl (C=O) groups is 1. The monoisotopic (exact) mass is 406 g/mol. The molecule has 0 aliphatic carbocycles. The van der Waals surface area contributed by atoms with E-state index in [9.17, 15) is 24.3 Å². The first-order valence-electron chi connectivity index (χ1n) is 8.76. The van der Waals surface area contributed by atoms with E-state index in [-0.39, 0.29) is 28.9 Å². The molecule has 0 aliphatic heterocycles. The molecular formula is C20H15FN6O3. The van der Waals surface area contributed by atoms with Gasteiger partial charge in [0.15, 0.2) is 0 Å². The van der Waals surface area contributed by atoms with Crippen LogP contribution in [-0.2, 0) is 11.2 Å². The van der Waals surface area contributed by atoms with E-state index in [0.717, 1.165) is 12.3 Å². The van der Waals surface area contributed by atoms with E-state index in [2.05, 4.69) is 20.3 Å². The molecule has 3 aromatic rings. The Kier molecular flexibility index (Phi) is 5.81. The standard InChI is InChI=1S/C20H15FN6O3/c1-10-12(20(30)27-14-2-3-24-15(7-23)18(10)14)5-17(29)26-16(9-28)19-13(21)4-11(6-22)8-25-19/h2-4,8,16,28H,5,9H2,1H3,(H,26,29)(H,27,30)/t16-/m0/s1. The van der Waals surface area contributed by atoms with Crippen LogP contribution in [0.15, 0.2) is 29.3 Å². The Hall–Kier alpha value is -4.15. The first kappa shape index (κ1) is 20.6. The second-order valence-corrected chi connectivity index (χ2v) is 6.43. The SMILES string of the molecule is Cc1c(CC(=O)N[C@@H](CO)c2ncc(C#N)cc2F)c(=O)[nH]c2ccnc(C#N)c12. The number of nitrogens with one attached hydrogen (secondary N) is 2. The van der Waals surface area contributed by atoms with E-state index in [1.807, 2.05) is 6.07 Å². The third-order valence-corrected chi connectivity index (χ3v) is 4.59. The van der Waals surface area contributed by atoms with Crippen molar-refractivity contribution in [2.24, 2.45) is 0 Å². The predicted molar refractivity (Wildman–Crippen MR) is 102 cm³/mol.